The van der Waals surface area contributed by atoms with E-state index in [1.54, 1.807) is 0 Å². The molecule has 7 heteroatoms. The van der Waals surface area contributed by atoms with E-state index in [9.17, 15) is 9.59 Å². The molecule has 3 N–H and O–H groups in total. The van der Waals surface area contributed by atoms with Crippen LogP contribution in [0.25, 0.3) is 11.5 Å². The van der Waals surface area contributed by atoms with Crippen molar-refractivity contribution in [3.63, 3.8) is 0 Å². The van der Waals surface area contributed by atoms with Crippen LogP contribution >= 0.6 is 0 Å². The number of nitrogens with one attached hydrogen (secondary N) is 1. The van der Waals surface area contributed by atoms with Gasteiger partial charge in [0.25, 0.3) is 0 Å². The Kier molecular flexibility index (Phi) is 9.18. The van der Waals surface area contributed by atoms with Gasteiger partial charge in [-0.1, -0.05) is 69.3 Å². The molecule has 0 bridgehead atoms. The molecule has 0 radical (unpaired) electrons. The second-order valence-corrected chi connectivity index (χ2v) is 10.7. The first-order valence-electron chi connectivity index (χ1n) is 12.4. The summed E-state index contributed by atoms with van der Waals surface area (Å²) in [6.45, 7) is 6.53. The number of benzene rings is 2. The van der Waals surface area contributed by atoms with Gasteiger partial charge in [-0.15, -0.1) is 0 Å². The molecule has 0 spiro atoms. The molecular weight excluding hydrogens is 452 g/mol. The summed E-state index contributed by atoms with van der Waals surface area (Å²) in [6.07, 6.45) is 1.54. The van der Waals surface area contributed by atoms with Gasteiger partial charge in [0.2, 0.25) is 17.6 Å². The van der Waals surface area contributed by atoms with E-state index in [0.717, 1.165) is 11.1 Å². The van der Waals surface area contributed by atoms with Crippen LogP contribution in [0.15, 0.2) is 65.1 Å². The number of amides is 1. The van der Waals surface area contributed by atoms with E-state index in [0.29, 0.717) is 37.4 Å². The van der Waals surface area contributed by atoms with Crippen LogP contribution in [-0.4, -0.2) is 47.8 Å². The number of carbonyl (C=O) groups is 2. The average Bonchev–Trinajstić information content (AvgIpc) is 3.24. The van der Waals surface area contributed by atoms with Crippen LogP contribution in [-0.2, 0) is 17.8 Å². The molecule has 0 aliphatic carbocycles. The van der Waals surface area contributed by atoms with Gasteiger partial charge in [0.05, 0.1) is 12.1 Å². The van der Waals surface area contributed by atoms with Crippen molar-refractivity contribution in [3.8, 4) is 11.5 Å². The van der Waals surface area contributed by atoms with E-state index in [4.69, 9.17) is 10.2 Å². The lowest BCUT2D eigenvalue weighted by Crippen LogP contribution is -2.49. The van der Waals surface area contributed by atoms with Gasteiger partial charge in [-0.3, -0.25) is 9.59 Å². The third-order valence-corrected chi connectivity index (χ3v) is 5.77. The van der Waals surface area contributed by atoms with Crippen LogP contribution in [0.4, 0.5) is 0 Å². The molecule has 0 aliphatic rings. The average molecular weight is 491 g/mol. The quantitative estimate of drug-likeness (QED) is 0.385. The highest BCUT2D eigenvalue weighted by atomic mass is 16.4. The fourth-order valence-corrected chi connectivity index (χ4v) is 4.07. The van der Waals surface area contributed by atoms with E-state index in [-0.39, 0.29) is 22.9 Å². The maximum atomic E-state index is 13.8. The zero-order valence-corrected chi connectivity index (χ0v) is 22.0. The van der Waals surface area contributed by atoms with Crippen molar-refractivity contribution in [2.45, 2.75) is 58.7 Å². The summed E-state index contributed by atoms with van der Waals surface area (Å²) in [5, 5.41) is 2.92. The number of aryl methyl sites for hydroxylation is 1. The van der Waals surface area contributed by atoms with Crippen molar-refractivity contribution in [2.24, 2.45) is 11.1 Å². The Balaban J connectivity index is 1.91. The molecule has 3 rings (SSSR count). The van der Waals surface area contributed by atoms with Gasteiger partial charge in [0, 0.05) is 12.1 Å². The molecule has 2 unspecified atom stereocenters. The Morgan fingerprint density at radius 3 is 2.22 bits per heavy atom. The molecule has 0 aliphatic heterocycles. The first-order chi connectivity index (χ1) is 17.0. The molecule has 1 heterocycles. The van der Waals surface area contributed by atoms with Crippen LogP contribution in [0.3, 0.4) is 0 Å². The molecule has 36 heavy (non-hydrogen) atoms. The Morgan fingerprint density at radius 1 is 1.03 bits per heavy atom. The minimum Gasteiger partial charge on any atom is -0.433 e. The topological polar surface area (TPSA) is 101 Å². The van der Waals surface area contributed by atoms with Crippen LogP contribution in [0.5, 0.6) is 0 Å². The standard InChI is InChI=1S/C29H38N4O3/c1-29(2,3)18-22(30)27(35)31-23(17-16-20-12-8-6-9-13-20)25(34)26-24(19-33(4)5)32-28(36-26)21-14-10-7-11-15-21/h6-15,22-23H,16-19,30H2,1-5H3,(H,31,35). The Morgan fingerprint density at radius 2 is 1.64 bits per heavy atom. The summed E-state index contributed by atoms with van der Waals surface area (Å²) in [5.41, 5.74) is 8.50. The van der Waals surface area contributed by atoms with E-state index in [1.807, 2.05) is 100 Å². The highest BCUT2D eigenvalue weighted by Gasteiger charge is 2.31. The summed E-state index contributed by atoms with van der Waals surface area (Å²) in [5.74, 6) is -0.0826. The fraction of sp³-hybridized carbons (Fsp3) is 0.414. The summed E-state index contributed by atoms with van der Waals surface area (Å²) < 4.78 is 6.05. The highest BCUT2D eigenvalue weighted by molar-refractivity contribution is 6.01. The van der Waals surface area contributed by atoms with Crippen LogP contribution in [0.2, 0.25) is 0 Å². The molecule has 7 nitrogen and oxygen atoms in total. The van der Waals surface area contributed by atoms with Gasteiger partial charge in [0.1, 0.15) is 5.69 Å². The molecule has 0 saturated carbocycles. The van der Waals surface area contributed by atoms with Gasteiger partial charge >= 0.3 is 0 Å². The molecule has 3 aromatic rings. The zero-order chi connectivity index (χ0) is 26.3. The summed E-state index contributed by atoms with van der Waals surface area (Å²) in [4.78, 5) is 33.4. The van der Waals surface area contributed by atoms with Crippen LogP contribution in [0.1, 0.15) is 55.4 Å². The minimum absolute atomic E-state index is 0.116. The maximum absolute atomic E-state index is 13.8. The normalized spacial score (nSPS) is 13.4. The van der Waals surface area contributed by atoms with Crippen LogP contribution in [0, 0.1) is 5.41 Å². The third-order valence-electron chi connectivity index (χ3n) is 5.77. The smallest absolute Gasteiger partial charge is 0.237 e. The number of rotatable bonds is 11. The monoisotopic (exact) mass is 490 g/mol. The summed E-state index contributed by atoms with van der Waals surface area (Å²) in [7, 11) is 3.82. The number of hydrogen-bond acceptors (Lipinski definition) is 6. The Hall–Kier alpha value is -3.29. The highest BCUT2D eigenvalue weighted by Crippen LogP contribution is 2.25. The van der Waals surface area contributed by atoms with Crippen molar-refractivity contribution in [1.82, 2.24) is 15.2 Å². The zero-order valence-electron chi connectivity index (χ0n) is 22.0. The molecule has 1 amide bonds. The largest absolute Gasteiger partial charge is 0.433 e. The number of nitrogens with two attached hydrogens (primary N) is 1. The summed E-state index contributed by atoms with van der Waals surface area (Å²) in [6, 6.07) is 17.9. The molecule has 2 aromatic carbocycles. The number of carbonyl (C=O) groups excluding carboxylic acids is 2. The van der Waals surface area contributed by atoms with Crippen molar-refractivity contribution >= 4 is 11.7 Å². The maximum Gasteiger partial charge on any atom is 0.237 e. The molecular formula is C29H38N4O3. The SMILES string of the molecule is CN(C)Cc1nc(-c2ccccc2)oc1C(=O)C(CCc1ccccc1)NC(=O)C(N)CC(C)(C)C. The third kappa shape index (κ3) is 7.86. The number of aromatic nitrogens is 1. The Labute approximate surface area is 214 Å². The summed E-state index contributed by atoms with van der Waals surface area (Å²) >= 11 is 0. The van der Waals surface area contributed by atoms with Gasteiger partial charge in [0.15, 0.2) is 5.76 Å². The molecule has 2 atom stereocenters. The minimum atomic E-state index is -0.791. The number of ketones is 1. The second kappa shape index (κ2) is 12.1. The van der Waals surface area contributed by atoms with Crippen molar-refractivity contribution < 1.29 is 14.0 Å². The predicted molar refractivity (Wildman–Crippen MR) is 142 cm³/mol. The molecule has 192 valence electrons. The number of hydrogen-bond donors (Lipinski definition) is 2. The van der Waals surface area contributed by atoms with E-state index >= 15 is 0 Å². The van der Waals surface area contributed by atoms with Gasteiger partial charge in [-0.2, -0.15) is 0 Å². The van der Waals surface area contributed by atoms with Gasteiger partial charge < -0.3 is 20.4 Å². The van der Waals surface area contributed by atoms with Crippen molar-refractivity contribution in [2.75, 3.05) is 14.1 Å². The van der Waals surface area contributed by atoms with E-state index in [1.165, 1.54) is 0 Å². The molecule has 1 aromatic heterocycles. The number of oxazole rings is 1. The number of nitrogens with zero attached hydrogens (tertiary/aromatic N) is 2. The van der Waals surface area contributed by atoms with E-state index < -0.39 is 12.1 Å². The van der Waals surface area contributed by atoms with E-state index in [2.05, 4.69) is 10.3 Å². The van der Waals surface area contributed by atoms with Crippen LogP contribution < -0.4 is 11.1 Å². The Bertz CT molecular complexity index is 1130. The number of Topliss-reactive ketones (excluding diaryl/α,β-unsaturated/α-hetero) is 1. The fourth-order valence-electron chi connectivity index (χ4n) is 4.07. The van der Waals surface area contributed by atoms with Crippen molar-refractivity contribution in [3.05, 3.63) is 77.7 Å². The molecule has 0 saturated heterocycles. The van der Waals surface area contributed by atoms with Gasteiger partial charge in [-0.05, 0) is 56.5 Å². The van der Waals surface area contributed by atoms with Gasteiger partial charge in [-0.25, -0.2) is 4.98 Å². The first kappa shape index (κ1) is 27.3. The van der Waals surface area contributed by atoms with Crippen molar-refractivity contribution in [1.29, 1.82) is 0 Å². The lowest BCUT2D eigenvalue weighted by atomic mass is 9.88. The molecule has 0 fully saturated rings. The second-order valence-electron chi connectivity index (χ2n) is 10.7. The predicted octanol–water partition coefficient (Wildman–Crippen LogP) is 4.47. The first-order valence-corrected chi connectivity index (χ1v) is 12.4. The lowest BCUT2D eigenvalue weighted by Gasteiger charge is -2.24. The lowest BCUT2D eigenvalue weighted by molar-refractivity contribution is -0.123.